The van der Waals surface area contributed by atoms with Gasteiger partial charge in [0.25, 0.3) is 0 Å². The van der Waals surface area contributed by atoms with E-state index in [9.17, 15) is 4.79 Å². The van der Waals surface area contributed by atoms with Crippen LogP contribution in [0.25, 0.3) is 0 Å². The van der Waals surface area contributed by atoms with E-state index >= 15 is 0 Å². The Morgan fingerprint density at radius 2 is 1.69 bits per heavy atom. The van der Waals surface area contributed by atoms with E-state index in [0.717, 1.165) is 38.6 Å². The van der Waals surface area contributed by atoms with Crippen molar-refractivity contribution in [2.75, 3.05) is 13.1 Å². The number of benzene rings is 1. The summed E-state index contributed by atoms with van der Waals surface area (Å²) in [6.45, 7) is 1.97. The summed E-state index contributed by atoms with van der Waals surface area (Å²) in [7, 11) is 0. The minimum Gasteiger partial charge on any atom is -0.353 e. The van der Waals surface area contributed by atoms with Crippen molar-refractivity contribution >= 4 is 5.91 Å². The maximum atomic E-state index is 13.8. The summed E-state index contributed by atoms with van der Waals surface area (Å²) in [5.41, 5.74) is 7.76. The second kappa shape index (κ2) is 6.31. The van der Waals surface area contributed by atoms with E-state index in [-0.39, 0.29) is 10.8 Å². The maximum absolute atomic E-state index is 13.8. The number of rotatable bonds is 4. The fourth-order valence-corrected chi connectivity index (χ4v) is 8.15. The van der Waals surface area contributed by atoms with Crippen molar-refractivity contribution in [3.63, 3.8) is 0 Å². The summed E-state index contributed by atoms with van der Waals surface area (Å²) in [5, 5.41) is 7.30. The molecule has 4 nitrogen and oxygen atoms in total. The highest BCUT2D eigenvalue weighted by molar-refractivity contribution is 5.84. The lowest BCUT2D eigenvalue weighted by atomic mass is 9.39. The maximum Gasteiger partial charge on any atom is 0.226 e. The van der Waals surface area contributed by atoms with Crippen molar-refractivity contribution in [3.05, 3.63) is 35.9 Å². The minimum atomic E-state index is -0.151. The zero-order valence-corrected chi connectivity index (χ0v) is 17.5. The molecular formula is C25H35N3O. The topological polar surface area (TPSA) is 77.1 Å². The molecule has 1 saturated heterocycles. The highest BCUT2D eigenvalue weighted by Gasteiger charge is 2.72. The van der Waals surface area contributed by atoms with E-state index in [2.05, 4.69) is 41.0 Å². The van der Waals surface area contributed by atoms with Gasteiger partial charge in [-0.3, -0.25) is 4.79 Å². The van der Waals surface area contributed by atoms with Crippen LogP contribution in [-0.4, -0.2) is 30.6 Å². The van der Waals surface area contributed by atoms with Gasteiger partial charge in [0, 0.05) is 18.1 Å². The molecule has 1 spiro atoms. The van der Waals surface area contributed by atoms with Crippen LogP contribution >= 0.6 is 0 Å². The Kier molecular flexibility index (Phi) is 4.00. The van der Waals surface area contributed by atoms with Gasteiger partial charge < -0.3 is 16.4 Å². The van der Waals surface area contributed by atoms with Gasteiger partial charge in [0.15, 0.2) is 0 Å². The Balaban J connectivity index is 1.27. The van der Waals surface area contributed by atoms with Crippen LogP contribution in [0.15, 0.2) is 30.3 Å². The van der Waals surface area contributed by atoms with Crippen molar-refractivity contribution in [1.29, 1.82) is 0 Å². The van der Waals surface area contributed by atoms with E-state index in [1.165, 1.54) is 37.8 Å². The third-order valence-corrected chi connectivity index (χ3v) is 9.65. The van der Waals surface area contributed by atoms with Gasteiger partial charge in [0.1, 0.15) is 0 Å². The monoisotopic (exact) mass is 393 g/mol. The number of nitrogens with two attached hydrogens (primary N) is 1. The van der Waals surface area contributed by atoms with E-state index in [4.69, 9.17) is 5.73 Å². The van der Waals surface area contributed by atoms with Gasteiger partial charge in [0.2, 0.25) is 5.91 Å². The fourth-order valence-electron chi connectivity index (χ4n) is 8.15. The lowest BCUT2D eigenvalue weighted by Crippen LogP contribution is -2.66. The predicted molar refractivity (Wildman–Crippen MR) is 114 cm³/mol. The summed E-state index contributed by atoms with van der Waals surface area (Å²) >= 11 is 0. The third kappa shape index (κ3) is 2.68. The molecule has 0 aromatic heterocycles. The van der Waals surface area contributed by atoms with E-state index in [0.29, 0.717) is 35.2 Å². The van der Waals surface area contributed by atoms with Gasteiger partial charge in [-0.25, -0.2) is 0 Å². The molecule has 1 aromatic rings. The third-order valence-electron chi connectivity index (χ3n) is 9.65. The number of hydrogen-bond acceptors (Lipinski definition) is 3. The van der Waals surface area contributed by atoms with Crippen LogP contribution in [0.2, 0.25) is 0 Å². The van der Waals surface area contributed by atoms with Crippen molar-refractivity contribution in [3.8, 4) is 0 Å². The first-order chi connectivity index (χ1) is 14.1. The van der Waals surface area contributed by atoms with Gasteiger partial charge >= 0.3 is 0 Å². The zero-order chi connectivity index (χ0) is 19.7. The smallest absolute Gasteiger partial charge is 0.226 e. The Bertz CT molecular complexity index is 776. The molecule has 2 unspecified atom stereocenters. The Morgan fingerprint density at radius 3 is 2.28 bits per heavy atom. The molecule has 29 heavy (non-hydrogen) atoms. The Morgan fingerprint density at radius 1 is 1.03 bits per heavy atom. The van der Waals surface area contributed by atoms with Crippen molar-refractivity contribution < 1.29 is 4.79 Å². The van der Waals surface area contributed by atoms with Crippen molar-refractivity contribution in [1.82, 2.24) is 10.6 Å². The van der Waals surface area contributed by atoms with Crippen LogP contribution in [0.5, 0.6) is 0 Å². The second-order valence-corrected chi connectivity index (χ2v) is 11.1. The standard InChI is InChI=1S/C25H35N3O/c26-14-17-6-8-21(9-7-17)28-22(29)24-12-19-10-23(15-24,18-4-2-1-3-5-18)11-20(13-24)25(19)16-27-25/h1-5,17,19-21,27H,6-16,26H2,(H,28,29)/t17-,19?,20?,21-,23?,24?,25?. The lowest BCUT2D eigenvalue weighted by Gasteiger charge is -2.64. The Labute approximate surface area is 174 Å². The van der Waals surface area contributed by atoms with Gasteiger partial charge in [-0.2, -0.15) is 0 Å². The zero-order valence-electron chi connectivity index (χ0n) is 17.5. The molecule has 4 heteroatoms. The van der Waals surface area contributed by atoms with Crippen LogP contribution in [0.3, 0.4) is 0 Å². The quantitative estimate of drug-likeness (QED) is 0.688. The highest BCUT2D eigenvalue weighted by atomic mass is 16.2. The molecule has 6 aliphatic rings. The number of amides is 1. The molecule has 156 valence electrons. The molecule has 1 amide bonds. The molecule has 1 heterocycles. The molecule has 4 N–H and O–H groups in total. The first-order valence-electron chi connectivity index (χ1n) is 11.9. The number of nitrogens with one attached hydrogen (secondary N) is 2. The normalized spacial score (nSPS) is 47.3. The van der Waals surface area contributed by atoms with Crippen LogP contribution in [0.1, 0.15) is 63.4 Å². The van der Waals surface area contributed by atoms with Crippen LogP contribution in [0, 0.1) is 23.2 Å². The van der Waals surface area contributed by atoms with Gasteiger partial charge in [-0.1, -0.05) is 30.3 Å². The first-order valence-corrected chi connectivity index (χ1v) is 11.9. The summed E-state index contributed by atoms with van der Waals surface area (Å²) < 4.78 is 0. The molecule has 7 rings (SSSR count). The molecule has 0 radical (unpaired) electrons. The molecular weight excluding hydrogens is 358 g/mol. The van der Waals surface area contributed by atoms with Gasteiger partial charge in [-0.15, -0.1) is 0 Å². The molecule has 4 bridgehead atoms. The fraction of sp³-hybridized carbons (Fsp3) is 0.720. The molecule has 1 aromatic carbocycles. The van der Waals surface area contributed by atoms with Gasteiger partial charge in [-0.05, 0) is 93.1 Å². The van der Waals surface area contributed by atoms with Crippen molar-refractivity contribution in [2.45, 2.75) is 74.8 Å². The average molecular weight is 394 g/mol. The van der Waals surface area contributed by atoms with Crippen LogP contribution in [-0.2, 0) is 10.2 Å². The molecule has 2 atom stereocenters. The summed E-state index contributed by atoms with van der Waals surface area (Å²) in [6.07, 6.45) is 10.3. The molecule has 5 saturated carbocycles. The molecule has 5 aliphatic carbocycles. The summed E-state index contributed by atoms with van der Waals surface area (Å²) in [6, 6.07) is 11.5. The number of carbonyl (C=O) groups excluding carboxylic acids is 1. The van der Waals surface area contributed by atoms with E-state index in [1.54, 1.807) is 0 Å². The minimum absolute atomic E-state index is 0.151. The number of hydrogen-bond donors (Lipinski definition) is 3. The van der Waals surface area contributed by atoms with Crippen LogP contribution in [0.4, 0.5) is 0 Å². The molecule has 6 fully saturated rings. The van der Waals surface area contributed by atoms with Gasteiger partial charge in [0.05, 0.1) is 5.41 Å². The molecule has 1 aliphatic heterocycles. The first kappa shape index (κ1) is 18.4. The average Bonchev–Trinajstić information content (AvgIpc) is 3.55. The lowest BCUT2D eigenvalue weighted by molar-refractivity contribution is -0.154. The van der Waals surface area contributed by atoms with E-state index < -0.39 is 0 Å². The van der Waals surface area contributed by atoms with Crippen LogP contribution < -0.4 is 16.4 Å². The van der Waals surface area contributed by atoms with Crippen molar-refractivity contribution in [2.24, 2.45) is 28.9 Å². The predicted octanol–water partition coefficient (Wildman–Crippen LogP) is 3.11. The summed E-state index contributed by atoms with van der Waals surface area (Å²) in [4.78, 5) is 13.8. The highest BCUT2D eigenvalue weighted by Crippen LogP contribution is 2.70. The number of carbonyl (C=O) groups is 1. The summed E-state index contributed by atoms with van der Waals surface area (Å²) in [5.74, 6) is 2.34. The largest absolute Gasteiger partial charge is 0.353 e. The Hall–Kier alpha value is -1.39. The second-order valence-electron chi connectivity index (χ2n) is 11.1. The SMILES string of the molecule is NC[C@H]1CC[C@H](NC(=O)C23CC4CC(c5ccccc5)(CC(C2)C42CN2)C3)CC1. The van der Waals surface area contributed by atoms with E-state index in [1.807, 2.05) is 0 Å².